The minimum absolute atomic E-state index is 0.0182. The molecule has 1 fully saturated rings. The molecule has 4 rings (SSSR count). The maximum absolute atomic E-state index is 11.3. The van der Waals surface area contributed by atoms with Gasteiger partial charge in [0.05, 0.1) is 18.7 Å². The molecule has 0 bridgehead atoms. The van der Waals surface area contributed by atoms with Crippen molar-refractivity contribution in [2.24, 2.45) is 0 Å². The number of aliphatic carboxylic acids is 2. The fourth-order valence-corrected chi connectivity index (χ4v) is 4.67. The van der Waals surface area contributed by atoms with Crippen LogP contribution in [0.25, 0.3) is 0 Å². The molecule has 38 heavy (non-hydrogen) atoms. The van der Waals surface area contributed by atoms with Gasteiger partial charge in [0.25, 0.3) is 0 Å². The number of carbonyl (C=O) groups is 2. The first-order chi connectivity index (χ1) is 17.5. The number of hydrogen-bond acceptors (Lipinski definition) is 6. The predicted molar refractivity (Wildman–Crippen MR) is 121 cm³/mol. The molecule has 2 aliphatic rings. The number of aliphatic hydroxyl groups is 1. The first-order valence-corrected chi connectivity index (χ1v) is 11.3. The second-order valence-electron chi connectivity index (χ2n) is 8.92. The van der Waals surface area contributed by atoms with Crippen molar-refractivity contribution in [2.45, 2.75) is 56.2 Å². The highest BCUT2D eigenvalue weighted by atomic mass is 19.4. The molecule has 0 unspecified atom stereocenters. The molecule has 1 aromatic carbocycles. The third-order valence-corrected chi connectivity index (χ3v) is 6.34. The van der Waals surface area contributed by atoms with Crippen molar-refractivity contribution < 1.29 is 55.7 Å². The number of fused-ring (bicyclic) bond motifs is 2. The molecular formula is C24H28F6N2O6. The van der Waals surface area contributed by atoms with Crippen LogP contribution < -0.4 is 5.32 Å². The van der Waals surface area contributed by atoms with E-state index in [4.69, 9.17) is 24.2 Å². The van der Waals surface area contributed by atoms with Gasteiger partial charge in [-0.3, -0.25) is 4.90 Å². The maximum Gasteiger partial charge on any atom is 0.490 e. The fraction of sp³-hybridized carbons (Fsp3) is 0.500. The molecule has 2 atom stereocenters. The van der Waals surface area contributed by atoms with Gasteiger partial charge in [0.15, 0.2) is 0 Å². The number of carboxylic acid groups (broad SMARTS) is 2. The lowest BCUT2D eigenvalue weighted by atomic mass is 9.72. The van der Waals surface area contributed by atoms with Crippen LogP contribution >= 0.6 is 0 Å². The van der Waals surface area contributed by atoms with Gasteiger partial charge in [0, 0.05) is 5.41 Å². The third kappa shape index (κ3) is 7.48. The average molecular weight is 554 g/mol. The van der Waals surface area contributed by atoms with Gasteiger partial charge in [-0.2, -0.15) is 26.3 Å². The molecule has 0 amide bonds. The Bertz CT molecular complexity index is 1070. The van der Waals surface area contributed by atoms with Gasteiger partial charge >= 0.3 is 24.3 Å². The van der Waals surface area contributed by atoms with E-state index in [1.807, 2.05) is 19.1 Å². The molecule has 212 valence electrons. The molecule has 8 nitrogen and oxygen atoms in total. The van der Waals surface area contributed by atoms with Crippen molar-refractivity contribution >= 4 is 11.9 Å². The molecule has 4 N–H and O–H groups in total. The number of halogens is 6. The first kappa shape index (κ1) is 31.1. The quantitative estimate of drug-likeness (QED) is 0.420. The molecule has 14 heteroatoms. The van der Waals surface area contributed by atoms with Gasteiger partial charge in [-0.1, -0.05) is 24.3 Å². The van der Waals surface area contributed by atoms with Crippen LogP contribution in [0.1, 0.15) is 41.5 Å². The van der Waals surface area contributed by atoms with Crippen LogP contribution in [-0.2, 0) is 21.5 Å². The van der Waals surface area contributed by atoms with Crippen LogP contribution in [0.4, 0.5) is 26.3 Å². The number of alkyl halides is 6. The summed E-state index contributed by atoms with van der Waals surface area (Å²) in [6, 6.07) is 12.6. The lowest BCUT2D eigenvalue weighted by molar-refractivity contribution is -0.193. The summed E-state index contributed by atoms with van der Waals surface area (Å²) in [6.07, 6.45) is -8.55. The van der Waals surface area contributed by atoms with E-state index < -0.39 is 24.3 Å². The van der Waals surface area contributed by atoms with E-state index >= 15 is 0 Å². The summed E-state index contributed by atoms with van der Waals surface area (Å²) in [5.41, 5.74) is 2.50. The minimum Gasteiger partial charge on any atom is -0.475 e. The van der Waals surface area contributed by atoms with Crippen molar-refractivity contribution in [2.75, 3.05) is 20.1 Å². The van der Waals surface area contributed by atoms with Gasteiger partial charge in [-0.15, -0.1) is 0 Å². The minimum atomic E-state index is -5.08. The summed E-state index contributed by atoms with van der Waals surface area (Å²) in [6.45, 7) is 4.61. The van der Waals surface area contributed by atoms with Crippen LogP contribution in [0.2, 0.25) is 0 Å². The number of carboxylic acids is 2. The normalized spacial score (nSPS) is 20.2. The van der Waals surface area contributed by atoms with Crippen LogP contribution in [0.3, 0.4) is 0 Å². The number of hydrogen-bond donors (Lipinski definition) is 4. The first-order valence-electron chi connectivity index (χ1n) is 11.3. The number of rotatable bonds is 3. The summed E-state index contributed by atoms with van der Waals surface area (Å²) in [5.74, 6) is -3.63. The molecule has 1 saturated heterocycles. The number of likely N-dealkylation sites (N-methyl/N-ethyl adjacent to an activating group) is 1. The highest BCUT2D eigenvalue weighted by molar-refractivity contribution is 5.73. The SMILES string of the molecule is Cc1ccc(CN(C)[C@@H]2c3ccccc3C3(CCNCC3)[C@H]2O)o1.O=C(O)C(F)(F)F.O=C(O)C(F)(F)F. The molecular weight excluding hydrogens is 526 g/mol. The van der Waals surface area contributed by atoms with Gasteiger partial charge < -0.3 is 25.1 Å². The Kier molecular flexibility index (Phi) is 9.97. The topological polar surface area (TPSA) is 123 Å². The van der Waals surface area contributed by atoms with E-state index in [1.54, 1.807) is 0 Å². The fourth-order valence-electron chi connectivity index (χ4n) is 4.67. The van der Waals surface area contributed by atoms with Gasteiger partial charge in [0.1, 0.15) is 11.5 Å². The monoisotopic (exact) mass is 554 g/mol. The average Bonchev–Trinajstić information content (AvgIpc) is 3.33. The summed E-state index contributed by atoms with van der Waals surface area (Å²) in [5, 5.41) is 29.0. The maximum atomic E-state index is 11.3. The van der Waals surface area contributed by atoms with E-state index in [9.17, 15) is 31.4 Å². The molecule has 2 aromatic rings. The van der Waals surface area contributed by atoms with Crippen molar-refractivity contribution in [3.8, 4) is 0 Å². The number of benzene rings is 1. The number of furan rings is 1. The highest BCUT2D eigenvalue weighted by Crippen LogP contribution is 2.52. The molecule has 2 heterocycles. The summed E-state index contributed by atoms with van der Waals surface area (Å²) in [4.78, 5) is 20.0. The van der Waals surface area contributed by atoms with Crippen LogP contribution in [0, 0.1) is 6.92 Å². The zero-order valence-electron chi connectivity index (χ0n) is 20.4. The van der Waals surface area contributed by atoms with Gasteiger partial charge in [0.2, 0.25) is 0 Å². The number of nitrogens with zero attached hydrogens (tertiary/aromatic N) is 1. The molecule has 1 aliphatic carbocycles. The zero-order chi connectivity index (χ0) is 28.9. The molecule has 1 aromatic heterocycles. The number of aliphatic hydroxyl groups excluding tert-OH is 1. The van der Waals surface area contributed by atoms with E-state index in [2.05, 4.69) is 41.5 Å². The largest absolute Gasteiger partial charge is 0.490 e. The van der Waals surface area contributed by atoms with Crippen molar-refractivity contribution in [1.82, 2.24) is 10.2 Å². The van der Waals surface area contributed by atoms with Crippen LogP contribution in [0.15, 0.2) is 40.8 Å². The van der Waals surface area contributed by atoms with E-state index in [-0.39, 0.29) is 17.6 Å². The van der Waals surface area contributed by atoms with Gasteiger partial charge in [-0.25, -0.2) is 9.59 Å². The summed E-state index contributed by atoms with van der Waals surface area (Å²) >= 11 is 0. The molecule has 0 saturated carbocycles. The Morgan fingerprint density at radius 1 is 1.00 bits per heavy atom. The van der Waals surface area contributed by atoms with Crippen LogP contribution in [0.5, 0.6) is 0 Å². The lowest BCUT2D eigenvalue weighted by Gasteiger charge is -2.40. The summed E-state index contributed by atoms with van der Waals surface area (Å²) in [7, 11) is 2.09. The van der Waals surface area contributed by atoms with E-state index in [1.165, 1.54) is 11.1 Å². The second-order valence-corrected chi connectivity index (χ2v) is 8.92. The number of aryl methyl sites for hydroxylation is 1. The molecule has 1 spiro atoms. The Morgan fingerprint density at radius 2 is 1.50 bits per heavy atom. The lowest BCUT2D eigenvalue weighted by Crippen LogP contribution is -2.48. The number of nitrogens with one attached hydrogen (secondary N) is 1. The smallest absolute Gasteiger partial charge is 0.475 e. The van der Waals surface area contributed by atoms with Crippen LogP contribution in [-0.4, -0.2) is 70.8 Å². The Hall–Kier alpha value is -3.10. The Morgan fingerprint density at radius 3 is 1.95 bits per heavy atom. The molecule has 0 radical (unpaired) electrons. The van der Waals surface area contributed by atoms with E-state index in [0.29, 0.717) is 6.54 Å². The van der Waals surface area contributed by atoms with Gasteiger partial charge in [-0.05, 0) is 63.2 Å². The third-order valence-electron chi connectivity index (χ3n) is 6.34. The summed E-state index contributed by atoms with van der Waals surface area (Å²) < 4.78 is 69.2. The van der Waals surface area contributed by atoms with Crippen molar-refractivity contribution in [3.63, 3.8) is 0 Å². The van der Waals surface area contributed by atoms with Crippen molar-refractivity contribution in [1.29, 1.82) is 0 Å². The standard InChI is InChI=1S/C20H26N2O2.2C2HF3O2/c1-14-7-8-15(24-14)13-22(2)18-16-5-3-4-6-17(16)20(19(18)23)9-11-21-12-10-20;2*3-2(4,5)1(6)7/h3-8,18-19,21,23H,9-13H2,1-2H3;2*(H,6,7)/t18-,19+;;/m1../s1. The van der Waals surface area contributed by atoms with Crippen molar-refractivity contribution in [3.05, 3.63) is 59.0 Å². The zero-order valence-corrected chi connectivity index (χ0v) is 20.4. The Balaban J connectivity index is 0.000000301. The Labute approximate surface area is 213 Å². The molecule has 1 aliphatic heterocycles. The highest BCUT2D eigenvalue weighted by Gasteiger charge is 2.52. The second kappa shape index (κ2) is 12.2. The predicted octanol–water partition coefficient (Wildman–Crippen LogP) is 4.02. The van der Waals surface area contributed by atoms with E-state index in [0.717, 1.165) is 37.5 Å². The number of piperidine rings is 1.